The number of nitrogens with zero attached hydrogens (tertiary/aromatic N) is 3. The van der Waals surface area contributed by atoms with Crippen LogP contribution in [0.1, 0.15) is 91.5 Å². The van der Waals surface area contributed by atoms with Crippen LogP contribution >= 0.6 is 11.3 Å². The summed E-state index contributed by atoms with van der Waals surface area (Å²) in [6.45, 7) is 23.3. The third kappa shape index (κ3) is 8.37. The zero-order valence-electron chi connectivity index (χ0n) is 48.3. The summed E-state index contributed by atoms with van der Waals surface area (Å²) in [4.78, 5) is 7.76. The molecule has 0 saturated heterocycles. The number of fused-ring (bicyclic) bond motifs is 12. The average molecular weight is 1070 g/mol. The highest BCUT2D eigenvalue weighted by Gasteiger charge is 2.46. The van der Waals surface area contributed by atoms with E-state index in [2.05, 4.69) is 302 Å². The van der Waals surface area contributed by atoms with E-state index in [9.17, 15) is 0 Å². The highest BCUT2D eigenvalue weighted by molar-refractivity contribution is 7.33. The standard InChI is InChI=1S/C76H68BN3S/c1-11-48-30-39-67-65(42-48)77-71-68(79(55-36-32-50(33-37-55)74(2,3)4)72-64-45-52(76(8,9)10)35-41-70(64)81-73(72)77)46-56(78(53-22-14-12-15-23-53)54-24-16-13-17-25-54)47-69(71)80(67)66-40-34-51(75(5,6)7)44-62(66)49-31-38-61-59-28-19-18-26-57(59)58-27-20-21-29-60(58)63(61)43-49/h12-47H,11H2,1-10H3. The zero-order chi connectivity index (χ0) is 55.7. The number of aryl methyl sites for hydroxylation is 1. The summed E-state index contributed by atoms with van der Waals surface area (Å²) in [5, 5.41) is 8.95. The van der Waals surface area contributed by atoms with Gasteiger partial charge in [0.2, 0.25) is 0 Å². The van der Waals surface area contributed by atoms with Gasteiger partial charge in [0.15, 0.2) is 0 Å². The molecule has 3 nitrogen and oxygen atoms in total. The van der Waals surface area contributed by atoms with Crippen LogP contribution in [-0.2, 0) is 22.7 Å². The summed E-state index contributed by atoms with van der Waals surface area (Å²) in [5.74, 6) is 0. The lowest BCUT2D eigenvalue weighted by molar-refractivity contribution is 0.590. The third-order valence-electron chi connectivity index (χ3n) is 17.4. The number of benzene rings is 11. The molecule has 0 saturated carbocycles. The van der Waals surface area contributed by atoms with Crippen LogP contribution in [0, 0.1) is 0 Å². The molecule has 0 atom stereocenters. The molecular formula is C76H68BN3S. The summed E-state index contributed by atoms with van der Waals surface area (Å²) >= 11 is 1.98. The van der Waals surface area contributed by atoms with Gasteiger partial charge >= 0.3 is 0 Å². The Morgan fingerprint density at radius 3 is 1.52 bits per heavy atom. The van der Waals surface area contributed by atoms with Crippen LogP contribution in [0.5, 0.6) is 0 Å². The van der Waals surface area contributed by atoms with Gasteiger partial charge in [-0.25, -0.2) is 0 Å². The van der Waals surface area contributed by atoms with Crippen molar-refractivity contribution in [2.24, 2.45) is 0 Å². The fourth-order valence-corrected chi connectivity index (χ4v) is 14.4. The van der Waals surface area contributed by atoms with Gasteiger partial charge in [-0.1, -0.05) is 203 Å². The second-order valence-corrected chi connectivity index (χ2v) is 26.7. The van der Waals surface area contributed by atoms with Crippen molar-refractivity contribution in [3.63, 3.8) is 0 Å². The molecule has 1 aromatic heterocycles. The van der Waals surface area contributed by atoms with E-state index in [1.807, 2.05) is 11.3 Å². The van der Waals surface area contributed by atoms with Gasteiger partial charge in [0.1, 0.15) is 0 Å². The number of anilines is 9. The van der Waals surface area contributed by atoms with Gasteiger partial charge in [0.05, 0.1) is 17.1 Å². The molecule has 0 unspecified atom stereocenters. The molecule has 5 heteroatoms. The molecule has 0 radical (unpaired) electrons. The summed E-state index contributed by atoms with van der Waals surface area (Å²) in [5.41, 5.74) is 20.6. The lowest BCUT2D eigenvalue weighted by atomic mass is 9.36. The smallest absolute Gasteiger partial charge is 0.264 e. The molecule has 0 bridgehead atoms. The highest BCUT2D eigenvalue weighted by Crippen LogP contribution is 2.53. The molecule has 14 rings (SSSR count). The molecule has 396 valence electrons. The fourth-order valence-electron chi connectivity index (χ4n) is 13.1. The number of rotatable bonds is 7. The number of hydrogen-bond donors (Lipinski definition) is 0. The van der Waals surface area contributed by atoms with Crippen LogP contribution in [0.15, 0.2) is 218 Å². The largest absolute Gasteiger partial charge is 0.311 e. The molecule has 0 N–H and O–H groups in total. The molecule has 0 spiro atoms. The predicted octanol–water partition coefficient (Wildman–Crippen LogP) is 20.0. The minimum atomic E-state index is -0.105. The number of para-hydroxylation sites is 2. The van der Waals surface area contributed by atoms with Crippen LogP contribution in [0.25, 0.3) is 53.5 Å². The summed E-state index contributed by atoms with van der Waals surface area (Å²) < 4.78 is 2.69. The molecule has 12 aromatic rings. The van der Waals surface area contributed by atoms with Crippen LogP contribution in [-0.4, -0.2) is 6.71 Å². The molecule has 0 aliphatic carbocycles. The number of thiophene rings is 1. The first-order valence-corrected chi connectivity index (χ1v) is 29.8. The van der Waals surface area contributed by atoms with Crippen molar-refractivity contribution in [1.29, 1.82) is 0 Å². The quantitative estimate of drug-likeness (QED) is 0.116. The molecule has 0 amide bonds. The first kappa shape index (κ1) is 50.8. The molecule has 11 aromatic carbocycles. The van der Waals surface area contributed by atoms with Crippen molar-refractivity contribution < 1.29 is 0 Å². The van der Waals surface area contributed by atoms with Gasteiger partial charge in [0, 0.05) is 54.6 Å². The van der Waals surface area contributed by atoms with Crippen LogP contribution < -0.4 is 30.4 Å². The summed E-state index contributed by atoms with van der Waals surface area (Å²) in [6.07, 6.45) is 0.938. The Balaban J connectivity index is 1.12. The summed E-state index contributed by atoms with van der Waals surface area (Å²) in [7, 11) is 0. The SMILES string of the molecule is CCc1ccc2c(c1)B1c3sc4ccc(C(C)(C)C)cc4c3N(c3ccc(C(C)(C)C)cc3)c3cc(N(c4ccccc4)c4ccccc4)cc(c31)N2c1ccc(C(C)(C)C)cc1-c1ccc2c3ccccc3c3ccccc3c2c1. The van der Waals surface area contributed by atoms with E-state index in [4.69, 9.17) is 0 Å². The minimum Gasteiger partial charge on any atom is -0.311 e. The zero-order valence-corrected chi connectivity index (χ0v) is 49.1. The Morgan fingerprint density at radius 2 is 0.926 bits per heavy atom. The van der Waals surface area contributed by atoms with Crippen LogP contribution in [0.4, 0.5) is 51.2 Å². The van der Waals surface area contributed by atoms with E-state index in [1.54, 1.807) is 0 Å². The van der Waals surface area contributed by atoms with Crippen molar-refractivity contribution in [2.75, 3.05) is 14.7 Å². The molecule has 2 aliphatic heterocycles. The normalized spacial score (nSPS) is 13.3. The van der Waals surface area contributed by atoms with E-state index in [0.717, 1.165) is 34.9 Å². The molecule has 2 aliphatic rings. The van der Waals surface area contributed by atoms with Gasteiger partial charge in [-0.2, -0.15) is 0 Å². The van der Waals surface area contributed by atoms with E-state index in [0.29, 0.717) is 0 Å². The van der Waals surface area contributed by atoms with Gasteiger partial charge in [-0.3, -0.25) is 0 Å². The molecular weight excluding hydrogens is 998 g/mol. The third-order valence-corrected chi connectivity index (χ3v) is 18.6. The Hall–Kier alpha value is -8.38. The van der Waals surface area contributed by atoms with E-state index < -0.39 is 0 Å². The lowest BCUT2D eigenvalue weighted by Gasteiger charge is -2.44. The minimum absolute atomic E-state index is 0.00824. The van der Waals surface area contributed by atoms with E-state index in [1.165, 1.54) is 114 Å². The molecule has 81 heavy (non-hydrogen) atoms. The second-order valence-electron chi connectivity index (χ2n) is 25.7. The van der Waals surface area contributed by atoms with Crippen molar-refractivity contribution in [3.8, 4) is 11.1 Å². The van der Waals surface area contributed by atoms with Crippen molar-refractivity contribution >= 4 is 127 Å². The maximum atomic E-state index is 2.66. The molecule has 3 heterocycles. The highest BCUT2D eigenvalue weighted by atomic mass is 32.1. The van der Waals surface area contributed by atoms with Crippen LogP contribution in [0.2, 0.25) is 0 Å². The number of hydrogen-bond acceptors (Lipinski definition) is 4. The predicted molar refractivity (Wildman–Crippen MR) is 354 cm³/mol. The van der Waals surface area contributed by atoms with E-state index in [-0.39, 0.29) is 23.0 Å². The topological polar surface area (TPSA) is 9.72 Å². The Morgan fingerprint density at radius 1 is 0.407 bits per heavy atom. The van der Waals surface area contributed by atoms with Gasteiger partial charge < -0.3 is 14.7 Å². The van der Waals surface area contributed by atoms with Crippen molar-refractivity contribution in [1.82, 2.24) is 0 Å². The van der Waals surface area contributed by atoms with E-state index >= 15 is 0 Å². The fraction of sp³-hybridized carbons (Fsp3) is 0.184. The second kappa shape index (κ2) is 18.9. The van der Waals surface area contributed by atoms with Gasteiger partial charge in [0.25, 0.3) is 6.71 Å². The Bertz CT molecular complexity index is 4380. The Labute approximate surface area is 482 Å². The van der Waals surface area contributed by atoms with Crippen molar-refractivity contribution in [2.45, 2.75) is 91.9 Å². The first-order valence-electron chi connectivity index (χ1n) is 29.0. The lowest BCUT2D eigenvalue weighted by Crippen LogP contribution is -2.60. The maximum Gasteiger partial charge on any atom is 0.264 e. The van der Waals surface area contributed by atoms with Crippen molar-refractivity contribution in [3.05, 3.63) is 241 Å². The Kier molecular flexibility index (Phi) is 11.8. The summed E-state index contributed by atoms with van der Waals surface area (Å²) in [6, 6.07) is 83.5. The first-order chi connectivity index (χ1) is 39.0. The van der Waals surface area contributed by atoms with Crippen LogP contribution in [0.3, 0.4) is 0 Å². The maximum absolute atomic E-state index is 2.66. The van der Waals surface area contributed by atoms with Gasteiger partial charge in [-0.05, 0) is 179 Å². The molecule has 0 fully saturated rings. The van der Waals surface area contributed by atoms with Gasteiger partial charge in [-0.15, -0.1) is 11.3 Å². The monoisotopic (exact) mass is 1070 g/mol. The average Bonchev–Trinajstić information content (AvgIpc) is 4.03.